The van der Waals surface area contributed by atoms with Gasteiger partial charge in [-0.3, -0.25) is 10.1 Å². The summed E-state index contributed by atoms with van der Waals surface area (Å²) < 4.78 is 0. The largest absolute Gasteiger partial charge is 0.326 e. The minimum Gasteiger partial charge on any atom is -0.326 e. The summed E-state index contributed by atoms with van der Waals surface area (Å²) in [5, 5.41) is 3.39. The number of hydrogen-bond acceptors (Lipinski definition) is 2. The fraction of sp³-hybridized carbons (Fsp3) is 0.929. The van der Waals surface area contributed by atoms with Crippen LogP contribution in [0.4, 0.5) is 0 Å². The molecule has 3 unspecified atom stereocenters. The van der Waals surface area contributed by atoms with E-state index in [4.69, 9.17) is 0 Å². The molecule has 1 rings (SSSR count). The van der Waals surface area contributed by atoms with Crippen LogP contribution < -0.4 is 5.32 Å². The summed E-state index contributed by atoms with van der Waals surface area (Å²) in [6, 6.07) is -0.00262. The second kappa shape index (κ2) is 4.97. The lowest BCUT2D eigenvalue weighted by atomic mass is 9.82. The van der Waals surface area contributed by atoms with Crippen LogP contribution >= 0.6 is 0 Å². The molecule has 3 heteroatoms. The smallest absolute Gasteiger partial charge is 0.241 e. The van der Waals surface area contributed by atoms with Gasteiger partial charge in [0, 0.05) is 6.54 Å². The van der Waals surface area contributed by atoms with E-state index < -0.39 is 0 Å². The fourth-order valence-corrected chi connectivity index (χ4v) is 2.09. The molecule has 1 fully saturated rings. The Labute approximate surface area is 106 Å². The van der Waals surface area contributed by atoms with E-state index in [1.54, 1.807) is 0 Å². The highest BCUT2D eigenvalue weighted by molar-refractivity contribution is 5.84. The SMILES string of the molecule is CC(C)C1NC(C)N(CC(C)C(C)(C)C)C1=O. The quantitative estimate of drug-likeness (QED) is 0.822. The molecule has 1 aliphatic heterocycles. The first-order chi connectivity index (χ1) is 7.64. The molecule has 1 saturated heterocycles. The van der Waals surface area contributed by atoms with Crippen LogP contribution in [-0.4, -0.2) is 29.6 Å². The standard InChI is InChI=1S/C14H28N2O/c1-9(2)12-13(17)16(11(4)15-12)8-10(3)14(5,6)7/h9-12,15H,8H2,1-7H3. The number of carbonyl (C=O) groups is 1. The molecule has 1 N–H and O–H groups in total. The summed E-state index contributed by atoms with van der Waals surface area (Å²) in [7, 11) is 0. The summed E-state index contributed by atoms with van der Waals surface area (Å²) >= 11 is 0. The molecule has 3 atom stereocenters. The Morgan fingerprint density at radius 2 is 1.82 bits per heavy atom. The highest BCUT2D eigenvalue weighted by atomic mass is 16.2. The van der Waals surface area contributed by atoms with Gasteiger partial charge in [0.15, 0.2) is 0 Å². The highest BCUT2D eigenvalue weighted by Crippen LogP contribution is 2.28. The van der Waals surface area contributed by atoms with Crippen LogP contribution in [0.15, 0.2) is 0 Å². The van der Waals surface area contributed by atoms with E-state index in [0.29, 0.717) is 11.8 Å². The van der Waals surface area contributed by atoms with E-state index >= 15 is 0 Å². The predicted octanol–water partition coefficient (Wildman–Crippen LogP) is 2.47. The summed E-state index contributed by atoms with van der Waals surface area (Å²) in [5.41, 5.74) is 0.246. The molecule has 100 valence electrons. The molecule has 1 amide bonds. The number of nitrogens with one attached hydrogen (secondary N) is 1. The topological polar surface area (TPSA) is 32.3 Å². The molecule has 0 aromatic heterocycles. The molecule has 0 saturated carbocycles. The van der Waals surface area contributed by atoms with Gasteiger partial charge in [-0.2, -0.15) is 0 Å². The van der Waals surface area contributed by atoms with Crippen molar-refractivity contribution in [1.82, 2.24) is 10.2 Å². The van der Waals surface area contributed by atoms with Crippen LogP contribution in [0.25, 0.3) is 0 Å². The Balaban J connectivity index is 2.70. The molecule has 1 heterocycles. The first-order valence-corrected chi connectivity index (χ1v) is 6.71. The van der Waals surface area contributed by atoms with Gasteiger partial charge >= 0.3 is 0 Å². The lowest BCUT2D eigenvalue weighted by Gasteiger charge is -2.32. The van der Waals surface area contributed by atoms with Crippen LogP contribution in [0.5, 0.6) is 0 Å². The zero-order valence-electron chi connectivity index (χ0n) is 12.4. The van der Waals surface area contributed by atoms with Crippen LogP contribution in [0.3, 0.4) is 0 Å². The van der Waals surface area contributed by atoms with Crippen LogP contribution in [-0.2, 0) is 4.79 Å². The highest BCUT2D eigenvalue weighted by Gasteiger charge is 2.39. The number of carbonyl (C=O) groups excluding carboxylic acids is 1. The second-order valence-electron chi connectivity index (χ2n) is 6.82. The lowest BCUT2D eigenvalue weighted by molar-refractivity contribution is -0.131. The zero-order valence-corrected chi connectivity index (χ0v) is 12.4. The molecular formula is C14H28N2O. The fourth-order valence-electron chi connectivity index (χ4n) is 2.09. The van der Waals surface area contributed by atoms with Gasteiger partial charge in [-0.05, 0) is 24.2 Å². The van der Waals surface area contributed by atoms with Crippen molar-refractivity contribution in [2.75, 3.05) is 6.54 Å². The van der Waals surface area contributed by atoms with Crippen molar-refractivity contribution in [3.05, 3.63) is 0 Å². The molecule has 3 nitrogen and oxygen atoms in total. The van der Waals surface area contributed by atoms with Gasteiger partial charge in [0.1, 0.15) is 0 Å². The summed E-state index contributed by atoms with van der Waals surface area (Å²) in [4.78, 5) is 14.3. The third kappa shape index (κ3) is 3.21. The summed E-state index contributed by atoms with van der Waals surface area (Å²) in [6.45, 7) is 16.0. The molecule has 0 aromatic rings. The van der Waals surface area contributed by atoms with E-state index in [2.05, 4.69) is 53.8 Å². The number of rotatable bonds is 3. The van der Waals surface area contributed by atoms with Crippen molar-refractivity contribution in [1.29, 1.82) is 0 Å². The third-order valence-corrected chi connectivity index (χ3v) is 4.05. The molecule has 0 bridgehead atoms. The average molecular weight is 240 g/mol. The van der Waals surface area contributed by atoms with Crippen molar-refractivity contribution in [3.8, 4) is 0 Å². The van der Waals surface area contributed by atoms with E-state index in [1.165, 1.54) is 0 Å². The van der Waals surface area contributed by atoms with Crippen molar-refractivity contribution in [2.45, 2.75) is 60.7 Å². The Morgan fingerprint density at radius 3 is 2.18 bits per heavy atom. The first-order valence-electron chi connectivity index (χ1n) is 6.71. The number of amides is 1. The minimum atomic E-state index is -0.00262. The van der Waals surface area contributed by atoms with Crippen molar-refractivity contribution in [3.63, 3.8) is 0 Å². The van der Waals surface area contributed by atoms with E-state index in [1.807, 2.05) is 4.90 Å². The minimum absolute atomic E-state index is 0.00262. The third-order valence-electron chi connectivity index (χ3n) is 4.05. The molecule has 0 spiro atoms. The van der Waals surface area contributed by atoms with Crippen LogP contribution in [0, 0.1) is 17.3 Å². The van der Waals surface area contributed by atoms with Gasteiger partial charge in [0.05, 0.1) is 12.2 Å². The Morgan fingerprint density at radius 1 is 1.29 bits per heavy atom. The van der Waals surface area contributed by atoms with Crippen LogP contribution in [0.2, 0.25) is 0 Å². The maximum absolute atomic E-state index is 12.3. The van der Waals surface area contributed by atoms with Gasteiger partial charge in [-0.15, -0.1) is 0 Å². The van der Waals surface area contributed by atoms with Crippen molar-refractivity contribution < 1.29 is 4.79 Å². The Kier molecular flexibility index (Phi) is 4.23. The second-order valence-corrected chi connectivity index (χ2v) is 6.82. The lowest BCUT2D eigenvalue weighted by Crippen LogP contribution is -2.40. The molecule has 0 radical (unpaired) electrons. The molecule has 0 aliphatic carbocycles. The average Bonchev–Trinajstić information content (AvgIpc) is 2.44. The van der Waals surface area contributed by atoms with Crippen LogP contribution in [0.1, 0.15) is 48.5 Å². The van der Waals surface area contributed by atoms with Gasteiger partial charge in [-0.25, -0.2) is 0 Å². The van der Waals surface area contributed by atoms with E-state index in [-0.39, 0.29) is 23.5 Å². The molecule has 0 aromatic carbocycles. The maximum Gasteiger partial charge on any atom is 0.241 e. The van der Waals surface area contributed by atoms with E-state index in [0.717, 1.165) is 6.54 Å². The monoisotopic (exact) mass is 240 g/mol. The summed E-state index contributed by atoms with van der Waals surface area (Å²) in [5.74, 6) is 1.13. The molecular weight excluding hydrogens is 212 g/mol. The molecule has 17 heavy (non-hydrogen) atoms. The van der Waals surface area contributed by atoms with Gasteiger partial charge in [-0.1, -0.05) is 41.5 Å². The van der Waals surface area contributed by atoms with Crippen molar-refractivity contribution >= 4 is 5.91 Å². The van der Waals surface area contributed by atoms with Crippen molar-refractivity contribution in [2.24, 2.45) is 17.3 Å². The first kappa shape index (κ1) is 14.5. The normalized spacial score (nSPS) is 28.0. The van der Waals surface area contributed by atoms with Gasteiger partial charge in [0.2, 0.25) is 5.91 Å². The number of nitrogens with zero attached hydrogens (tertiary/aromatic N) is 1. The molecule has 1 aliphatic rings. The van der Waals surface area contributed by atoms with Gasteiger partial charge < -0.3 is 4.90 Å². The van der Waals surface area contributed by atoms with E-state index in [9.17, 15) is 4.79 Å². The predicted molar refractivity (Wildman–Crippen MR) is 71.6 cm³/mol. The Bertz CT molecular complexity index is 280. The maximum atomic E-state index is 12.3. The van der Waals surface area contributed by atoms with Gasteiger partial charge in [0.25, 0.3) is 0 Å². The number of hydrogen-bond donors (Lipinski definition) is 1. The zero-order chi connectivity index (χ0) is 13.4. The Hall–Kier alpha value is -0.570. The summed E-state index contributed by atoms with van der Waals surface area (Å²) in [6.07, 6.45) is 0.166.